The molecule has 0 aromatic carbocycles. The molecule has 0 spiro atoms. The molecule has 0 amide bonds. The lowest BCUT2D eigenvalue weighted by atomic mass is 10.1. The van der Waals surface area contributed by atoms with Crippen molar-refractivity contribution in [2.24, 2.45) is 0 Å². The third-order valence-electron chi connectivity index (χ3n) is 6.39. The van der Waals surface area contributed by atoms with Gasteiger partial charge in [0, 0.05) is 5.76 Å². The zero-order valence-corrected chi connectivity index (χ0v) is 25.6. The smallest absolute Gasteiger partial charge is 0.653 e. The first-order valence-corrected chi connectivity index (χ1v) is 16.8. The van der Waals surface area contributed by atoms with Gasteiger partial charge < -0.3 is 16.1 Å². The second-order valence-corrected chi connectivity index (χ2v) is 11.5. The van der Waals surface area contributed by atoms with Crippen LogP contribution in [0.25, 0.3) is 0 Å². The normalized spacial score (nSPS) is 11.9. The quantitative estimate of drug-likeness (QED) is 0.0334. The molecule has 0 aliphatic rings. The van der Waals surface area contributed by atoms with Gasteiger partial charge in [0.2, 0.25) is 0 Å². The van der Waals surface area contributed by atoms with Gasteiger partial charge in [-0.3, -0.25) is 0 Å². The number of hydrogen-bond donors (Lipinski definition) is 0. The first kappa shape index (κ1) is 35.5. The number of rotatable bonds is 28. The molecule has 0 aromatic rings. The van der Waals surface area contributed by atoms with Crippen molar-refractivity contribution in [3.05, 3.63) is 11.8 Å². The van der Waals surface area contributed by atoms with Crippen molar-refractivity contribution >= 4 is 21.1 Å². The molecule has 0 saturated heterocycles. The summed E-state index contributed by atoms with van der Waals surface area (Å²) < 4.78 is 22.9. The molecule has 6 heteroatoms. The van der Waals surface area contributed by atoms with Crippen LogP contribution >= 0.6 is 0 Å². The number of carbonyl (C=O) groups is 1. The highest BCUT2D eigenvalue weighted by molar-refractivity contribution is 6.36. The van der Waals surface area contributed by atoms with Crippen molar-refractivity contribution in [2.75, 3.05) is 19.8 Å². The van der Waals surface area contributed by atoms with Gasteiger partial charge >= 0.3 is 21.1 Å². The van der Waals surface area contributed by atoms with E-state index >= 15 is 0 Å². The second kappa shape index (κ2) is 29.0. The van der Waals surface area contributed by atoms with Gasteiger partial charge in [-0.1, -0.05) is 129 Å². The van der Waals surface area contributed by atoms with Crippen LogP contribution < -0.4 is 0 Å². The van der Waals surface area contributed by atoms with Gasteiger partial charge in [0.15, 0.2) is 0 Å². The van der Waals surface area contributed by atoms with E-state index in [-0.39, 0.29) is 5.97 Å². The van der Waals surface area contributed by atoms with Gasteiger partial charge in [0.1, 0.15) is 0 Å². The van der Waals surface area contributed by atoms with E-state index in [9.17, 15) is 4.79 Å². The Hall–Kier alpha value is -0.538. The average molecular weight is 527 g/mol. The predicted molar refractivity (Wildman–Crippen MR) is 153 cm³/mol. The first-order valence-electron chi connectivity index (χ1n) is 15.4. The van der Waals surface area contributed by atoms with Gasteiger partial charge in [-0.05, 0) is 39.9 Å². The summed E-state index contributed by atoms with van der Waals surface area (Å²) in [4.78, 5) is 11.7. The summed E-state index contributed by atoms with van der Waals surface area (Å²) in [5, 5.41) is 0. The maximum Gasteiger partial charge on any atom is 0.653 e. The van der Waals surface area contributed by atoms with Crippen LogP contribution in [0.1, 0.15) is 156 Å². The minimum Gasteiger partial charge on any atom is -0.777 e. The Labute approximate surface area is 229 Å². The molecule has 0 fully saturated rings. The molecule has 36 heavy (non-hydrogen) atoms. The lowest BCUT2D eigenvalue weighted by Gasteiger charge is -2.30. The molecule has 5 nitrogen and oxygen atoms in total. The van der Waals surface area contributed by atoms with Crippen LogP contribution in [0.2, 0.25) is 0 Å². The Kier molecular flexibility index (Phi) is 28.6. The van der Waals surface area contributed by atoms with Crippen molar-refractivity contribution in [1.82, 2.24) is 0 Å². The van der Waals surface area contributed by atoms with Crippen molar-refractivity contribution in [2.45, 2.75) is 156 Å². The number of hydrogen-bond acceptors (Lipinski definition) is 5. The summed E-state index contributed by atoms with van der Waals surface area (Å²) in [6.45, 7) is 9.78. The highest BCUT2D eigenvalue weighted by Gasteiger charge is 2.13. The van der Waals surface area contributed by atoms with E-state index in [0.717, 1.165) is 12.8 Å². The maximum absolute atomic E-state index is 11.7. The lowest BCUT2D eigenvalue weighted by Crippen LogP contribution is -2.28. The molecule has 0 rings (SSSR count). The Morgan fingerprint density at radius 3 is 1.31 bits per heavy atom. The summed E-state index contributed by atoms with van der Waals surface area (Å²) >= 11 is -2.31. The Morgan fingerprint density at radius 1 is 0.583 bits per heavy atom. The van der Waals surface area contributed by atoms with E-state index in [0.29, 0.717) is 25.6 Å². The fraction of sp³-hybridized carbons (Fsp3) is 0.900. The molecule has 1 radical (unpaired) electrons. The molecule has 0 atom stereocenters. The van der Waals surface area contributed by atoms with Crippen molar-refractivity contribution < 1.29 is 20.9 Å². The fourth-order valence-corrected chi connectivity index (χ4v) is 5.51. The second-order valence-electron chi connectivity index (χ2n) is 10.0. The molecule has 0 bridgehead atoms. The molecule has 0 N–H and O–H groups in total. The zero-order chi connectivity index (χ0) is 26.5. The minimum atomic E-state index is -2.31. The predicted octanol–water partition coefficient (Wildman–Crippen LogP) is 9.33. The van der Waals surface area contributed by atoms with Crippen LogP contribution in [0.4, 0.5) is 0 Å². The Balaban J connectivity index is 4.07. The van der Waals surface area contributed by atoms with E-state index < -0.39 is 15.1 Å². The summed E-state index contributed by atoms with van der Waals surface area (Å²) in [5.41, 5.74) is 0. The van der Waals surface area contributed by atoms with Gasteiger partial charge in [0.25, 0.3) is 0 Å². The van der Waals surface area contributed by atoms with Crippen LogP contribution in [-0.4, -0.2) is 40.9 Å². The van der Waals surface area contributed by atoms with Gasteiger partial charge in [0.05, 0.1) is 12.7 Å². The summed E-state index contributed by atoms with van der Waals surface area (Å²) in [5.74, 6) is 0.128. The van der Waals surface area contributed by atoms with Crippen molar-refractivity contribution in [1.29, 1.82) is 0 Å². The summed E-state index contributed by atoms with van der Waals surface area (Å²) in [6, 6.07) is 0. The topological polar surface area (TPSA) is 54.0 Å². The zero-order valence-electron chi connectivity index (χ0n) is 24.5. The van der Waals surface area contributed by atoms with E-state index in [1.54, 1.807) is 13.8 Å². The molecular weight excluding hydrogens is 467 g/mol. The maximum atomic E-state index is 11.7. The van der Waals surface area contributed by atoms with Gasteiger partial charge in [-0.2, -0.15) is 0 Å². The highest BCUT2D eigenvalue weighted by atomic mass is 27.3. The number of esters is 1. The van der Waals surface area contributed by atoms with Crippen molar-refractivity contribution in [3.63, 3.8) is 0 Å². The molecule has 0 saturated carbocycles. The van der Waals surface area contributed by atoms with Gasteiger partial charge in [-0.15, -0.1) is 0 Å². The monoisotopic (exact) mass is 526 g/mol. The van der Waals surface area contributed by atoms with Crippen LogP contribution in [0.15, 0.2) is 11.8 Å². The number of ether oxygens (including phenoxy) is 1. The van der Waals surface area contributed by atoms with E-state index in [4.69, 9.17) is 16.1 Å². The Bertz CT molecular complexity index is 472. The largest absolute Gasteiger partial charge is 0.777 e. The highest BCUT2D eigenvalue weighted by Crippen LogP contribution is 2.13. The standard InChI is InChI=1S/2C12H25O.C6H10O3.Al/c2*1-2-3-4-5-6-7-8-9-10-11-12-13;1-3-9-6(8)4-5(2)7;/h2*2-12H2,1H3;4,7H,3H2,1-2H3;/q2*-1;;+2/p-1. The minimum absolute atomic E-state index is 0.355. The van der Waals surface area contributed by atoms with Crippen LogP contribution in [0, 0.1) is 0 Å². The number of allylic oxidation sites excluding steroid dienone is 1. The van der Waals surface area contributed by atoms with Crippen LogP contribution in [-0.2, 0) is 20.9 Å². The average Bonchev–Trinajstić information content (AvgIpc) is 2.85. The first-order chi connectivity index (χ1) is 17.6. The third kappa shape index (κ3) is 26.5. The molecule has 0 unspecified atom stereocenters. The summed E-state index contributed by atoms with van der Waals surface area (Å²) in [7, 11) is 0. The summed E-state index contributed by atoms with van der Waals surface area (Å²) in [6.07, 6.45) is 27.4. The molecule has 0 aliphatic heterocycles. The molecular formula is C30H59AlO5-. The SMILES string of the molecule is CCCCCCCCCCCC[O][Al-]([O]CCCCCCCCCCCC)[O]C(C)=CC(=O)OCC. The Morgan fingerprint density at radius 2 is 0.944 bits per heavy atom. The molecule has 0 aliphatic carbocycles. The molecule has 213 valence electrons. The van der Waals surface area contributed by atoms with E-state index in [1.165, 1.54) is 122 Å². The lowest BCUT2D eigenvalue weighted by molar-refractivity contribution is -0.137. The van der Waals surface area contributed by atoms with Crippen LogP contribution in [0.5, 0.6) is 0 Å². The van der Waals surface area contributed by atoms with E-state index in [1.807, 2.05) is 0 Å². The molecule has 0 heterocycles. The number of unbranched alkanes of at least 4 members (excludes halogenated alkanes) is 18. The van der Waals surface area contributed by atoms with Crippen molar-refractivity contribution in [3.8, 4) is 0 Å². The van der Waals surface area contributed by atoms with E-state index in [2.05, 4.69) is 13.8 Å². The third-order valence-corrected chi connectivity index (χ3v) is 7.97. The van der Waals surface area contributed by atoms with Crippen LogP contribution in [0.3, 0.4) is 0 Å². The molecule has 0 aromatic heterocycles. The van der Waals surface area contributed by atoms with Gasteiger partial charge in [-0.25, -0.2) is 4.79 Å². The number of carbonyl (C=O) groups excluding carboxylic acids is 1. The fourth-order valence-electron chi connectivity index (χ4n) is 4.19.